The fraction of sp³-hybridized carbons (Fsp3) is 0.182. The molecule has 1 heterocycles. The van der Waals surface area contributed by atoms with Gasteiger partial charge in [0.05, 0.1) is 11.5 Å². The van der Waals surface area contributed by atoms with Crippen molar-refractivity contribution in [3.8, 4) is 0 Å². The van der Waals surface area contributed by atoms with Gasteiger partial charge in [0.1, 0.15) is 6.33 Å². The topological polar surface area (TPSA) is 103 Å². The molecule has 8 nitrogen and oxygen atoms in total. The van der Waals surface area contributed by atoms with Gasteiger partial charge in [-0.15, -0.1) is 0 Å². The zero-order chi connectivity index (χ0) is 14.7. The number of halogens is 1. The molecule has 0 atom stereocenters. The fourth-order valence-corrected chi connectivity index (χ4v) is 1.52. The van der Waals surface area contributed by atoms with E-state index in [2.05, 4.69) is 15.4 Å². The Balaban J connectivity index is 2.06. The Kier molecular flexibility index (Phi) is 3.69. The average Bonchev–Trinajstić information content (AvgIpc) is 2.81. The maximum atomic E-state index is 13.4. The molecule has 9 heteroatoms. The first-order chi connectivity index (χ1) is 9.47. The first kappa shape index (κ1) is 13.6. The molecule has 0 radical (unpaired) electrons. The summed E-state index contributed by atoms with van der Waals surface area (Å²) in [4.78, 5) is 25.3. The van der Waals surface area contributed by atoms with Gasteiger partial charge in [0.2, 0.25) is 5.82 Å². The highest BCUT2D eigenvalue weighted by atomic mass is 19.1. The van der Waals surface area contributed by atoms with Crippen LogP contribution in [0.4, 0.5) is 10.1 Å². The van der Waals surface area contributed by atoms with Crippen LogP contribution >= 0.6 is 0 Å². The van der Waals surface area contributed by atoms with E-state index in [9.17, 15) is 19.3 Å². The third-order valence-electron chi connectivity index (χ3n) is 2.46. The van der Waals surface area contributed by atoms with Gasteiger partial charge in [0, 0.05) is 18.7 Å². The van der Waals surface area contributed by atoms with Crippen LogP contribution in [0.25, 0.3) is 0 Å². The number of nitrogens with zero attached hydrogens (tertiary/aromatic N) is 4. The van der Waals surface area contributed by atoms with Gasteiger partial charge in [-0.1, -0.05) is 0 Å². The van der Waals surface area contributed by atoms with Crippen molar-refractivity contribution in [2.24, 2.45) is 7.05 Å². The van der Waals surface area contributed by atoms with Crippen LogP contribution in [0.5, 0.6) is 0 Å². The molecule has 1 N–H and O–H groups in total. The zero-order valence-electron chi connectivity index (χ0n) is 10.4. The number of nitrogens with one attached hydrogen (secondary N) is 1. The Labute approximate surface area is 112 Å². The number of rotatable bonds is 4. The van der Waals surface area contributed by atoms with Gasteiger partial charge >= 0.3 is 5.69 Å². The van der Waals surface area contributed by atoms with E-state index in [-0.39, 0.29) is 12.1 Å². The second-order valence-corrected chi connectivity index (χ2v) is 3.94. The molecule has 0 aliphatic heterocycles. The molecule has 0 spiro atoms. The van der Waals surface area contributed by atoms with Crippen LogP contribution in [0.1, 0.15) is 16.2 Å². The fourth-order valence-electron chi connectivity index (χ4n) is 1.52. The van der Waals surface area contributed by atoms with Crippen LogP contribution in [0.15, 0.2) is 24.5 Å². The zero-order valence-corrected chi connectivity index (χ0v) is 10.4. The van der Waals surface area contributed by atoms with Gasteiger partial charge in [-0.2, -0.15) is 9.49 Å². The third kappa shape index (κ3) is 2.94. The highest BCUT2D eigenvalue weighted by Gasteiger charge is 2.16. The molecule has 0 unspecified atom stereocenters. The molecule has 1 amide bonds. The number of hydrogen-bond donors (Lipinski definition) is 1. The van der Waals surface area contributed by atoms with E-state index >= 15 is 0 Å². The highest BCUT2D eigenvalue weighted by Crippen LogP contribution is 2.17. The predicted molar refractivity (Wildman–Crippen MR) is 65.2 cm³/mol. The van der Waals surface area contributed by atoms with Crippen molar-refractivity contribution >= 4 is 11.6 Å². The minimum atomic E-state index is -1.06. The molecule has 2 rings (SSSR count). The van der Waals surface area contributed by atoms with Crippen LogP contribution in [0.3, 0.4) is 0 Å². The Morgan fingerprint density at radius 3 is 2.85 bits per heavy atom. The van der Waals surface area contributed by atoms with Crippen molar-refractivity contribution in [2.45, 2.75) is 6.54 Å². The number of benzene rings is 1. The van der Waals surface area contributed by atoms with E-state index in [1.807, 2.05) is 0 Å². The van der Waals surface area contributed by atoms with E-state index in [1.54, 1.807) is 7.05 Å². The number of nitro benzene ring substituents is 1. The van der Waals surface area contributed by atoms with Gasteiger partial charge in [-0.3, -0.25) is 19.6 Å². The summed E-state index contributed by atoms with van der Waals surface area (Å²) in [5.74, 6) is -1.21. The van der Waals surface area contributed by atoms with E-state index in [0.29, 0.717) is 5.82 Å². The minimum absolute atomic E-state index is 0.0102. The predicted octanol–water partition coefficient (Wildman–Crippen LogP) is 0.792. The lowest BCUT2D eigenvalue weighted by molar-refractivity contribution is -0.387. The standard InChI is InChI=1S/C11H10FN5O3/c1-16-6-14-10(15-16)5-13-11(18)7-2-3-9(17(19)20)8(12)4-7/h2-4,6H,5H2,1H3,(H,13,18). The number of carbonyl (C=O) groups excluding carboxylic acids is 1. The van der Waals surface area contributed by atoms with E-state index in [4.69, 9.17) is 0 Å². The van der Waals surface area contributed by atoms with Crippen molar-refractivity contribution in [1.82, 2.24) is 20.1 Å². The van der Waals surface area contributed by atoms with Crippen molar-refractivity contribution in [1.29, 1.82) is 0 Å². The summed E-state index contributed by atoms with van der Waals surface area (Å²) >= 11 is 0. The second kappa shape index (κ2) is 5.43. The number of hydrogen-bond acceptors (Lipinski definition) is 5. The number of aryl methyl sites for hydroxylation is 1. The summed E-state index contributed by atoms with van der Waals surface area (Å²) in [6.07, 6.45) is 1.48. The summed E-state index contributed by atoms with van der Waals surface area (Å²) in [5.41, 5.74) is -0.683. The number of nitro groups is 1. The van der Waals surface area contributed by atoms with Crippen LogP contribution < -0.4 is 5.32 Å². The smallest absolute Gasteiger partial charge is 0.304 e. The van der Waals surface area contributed by atoms with Crippen LogP contribution in [0, 0.1) is 15.9 Å². The SMILES string of the molecule is Cn1cnc(CNC(=O)c2ccc([N+](=O)[O-])c(F)c2)n1. The van der Waals surface area contributed by atoms with Gasteiger partial charge in [-0.05, 0) is 12.1 Å². The molecule has 0 aliphatic carbocycles. The molecule has 0 saturated carbocycles. The minimum Gasteiger partial charge on any atom is -0.345 e. The summed E-state index contributed by atoms with van der Waals surface area (Å²) in [5, 5.41) is 16.9. The average molecular weight is 279 g/mol. The quantitative estimate of drug-likeness (QED) is 0.658. The van der Waals surface area contributed by atoms with Gasteiger partial charge in [0.15, 0.2) is 5.82 Å². The molecule has 1 aromatic carbocycles. The molecule has 2 aromatic rings. The molecule has 0 bridgehead atoms. The largest absolute Gasteiger partial charge is 0.345 e. The summed E-state index contributed by atoms with van der Waals surface area (Å²) in [6.45, 7) is 0.0816. The molecule has 0 fully saturated rings. The molecule has 20 heavy (non-hydrogen) atoms. The van der Waals surface area contributed by atoms with Crippen molar-refractivity contribution in [2.75, 3.05) is 0 Å². The van der Waals surface area contributed by atoms with Crippen LogP contribution in [0.2, 0.25) is 0 Å². The molecule has 1 aromatic heterocycles. The number of amides is 1. The Hall–Kier alpha value is -2.84. The van der Waals surface area contributed by atoms with Crippen molar-refractivity contribution < 1.29 is 14.1 Å². The lowest BCUT2D eigenvalue weighted by Crippen LogP contribution is -2.23. The maximum absolute atomic E-state index is 13.4. The normalized spacial score (nSPS) is 10.3. The van der Waals surface area contributed by atoms with Crippen LogP contribution in [-0.2, 0) is 13.6 Å². The highest BCUT2D eigenvalue weighted by molar-refractivity contribution is 5.94. The monoisotopic (exact) mass is 279 g/mol. The maximum Gasteiger partial charge on any atom is 0.304 e. The Morgan fingerprint density at radius 2 is 2.30 bits per heavy atom. The Morgan fingerprint density at radius 1 is 1.55 bits per heavy atom. The second-order valence-electron chi connectivity index (χ2n) is 3.94. The van der Waals surface area contributed by atoms with Gasteiger partial charge in [-0.25, -0.2) is 4.98 Å². The van der Waals surface area contributed by atoms with Crippen LogP contribution in [-0.4, -0.2) is 25.6 Å². The van der Waals surface area contributed by atoms with Crippen molar-refractivity contribution in [3.05, 3.63) is 51.8 Å². The molecule has 104 valence electrons. The molecular weight excluding hydrogens is 269 g/mol. The molecule has 0 aliphatic rings. The Bertz CT molecular complexity index is 670. The first-order valence-electron chi connectivity index (χ1n) is 5.54. The van der Waals surface area contributed by atoms with E-state index < -0.39 is 22.3 Å². The summed E-state index contributed by atoms with van der Waals surface area (Å²) in [7, 11) is 1.68. The molecule has 0 saturated heterocycles. The first-order valence-corrected chi connectivity index (χ1v) is 5.54. The number of aromatic nitrogens is 3. The van der Waals surface area contributed by atoms with Gasteiger partial charge < -0.3 is 5.32 Å². The molecular formula is C11H10FN5O3. The van der Waals surface area contributed by atoms with Gasteiger partial charge in [0.25, 0.3) is 5.91 Å². The van der Waals surface area contributed by atoms with E-state index in [1.165, 1.54) is 17.1 Å². The van der Waals surface area contributed by atoms with E-state index in [0.717, 1.165) is 12.1 Å². The summed E-state index contributed by atoms with van der Waals surface area (Å²) < 4.78 is 14.9. The lowest BCUT2D eigenvalue weighted by Gasteiger charge is -2.03. The summed E-state index contributed by atoms with van der Waals surface area (Å²) in [6, 6.07) is 2.95. The lowest BCUT2D eigenvalue weighted by atomic mass is 10.2. The third-order valence-corrected chi connectivity index (χ3v) is 2.46. The van der Waals surface area contributed by atoms with Crippen molar-refractivity contribution in [3.63, 3.8) is 0 Å². The number of carbonyl (C=O) groups is 1.